The van der Waals surface area contributed by atoms with Gasteiger partial charge in [0.25, 0.3) is 0 Å². The third-order valence-corrected chi connectivity index (χ3v) is 4.83. The third-order valence-electron chi connectivity index (χ3n) is 4.83. The zero-order valence-electron chi connectivity index (χ0n) is 12.3. The minimum absolute atomic E-state index is 0.398. The van der Waals surface area contributed by atoms with Gasteiger partial charge in [-0.25, -0.2) is 0 Å². The molecule has 1 heterocycles. The minimum atomic E-state index is 0.398. The summed E-state index contributed by atoms with van der Waals surface area (Å²) >= 11 is 0. The predicted molar refractivity (Wildman–Crippen MR) is 80.0 cm³/mol. The highest BCUT2D eigenvalue weighted by atomic mass is 16.5. The van der Waals surface area contributed by atoms with Gasteiger partial charge in [0, 0.05) is 25.8 Å². The van der Waals surface area contributed by atoms with Crippen LogP contribution < -0.4 is 0 Å². The minimum Gasteiger partial charge on any atom is -0.508 e. The number of hydrogen-bond donors (Lipinski definition) is 1. The molecule has 0 bridgehead atoms. The van der Waals surface area contributed by atoms with Gasteiger partial charge < -0.3 is 9.84 Å². The van der Waals surface area contributed by atoms with Crippen LogP contribution in [-0.2, 0) is 11.2 Å². The van der Waals surface area contributed by atoms with Gasteiger partial charge in [-0.3, -0.25) is 4.90 Å². The number of aryl methyl sites for hydroxylation is 1. The fraction of sp³-hybridized carbons (Fsp3) is 0.647. The van der Waals surface area contributed by atoms with Crippen LogP contribution in [0, 0.1) is 5.92 Å². The van der Waals surface area contributed by atoms with Gasteiger partial charge in [0.1, 0.15) is 5.75 Å². The van der Waals surface area contributed by atoms with Crippen molar-refractivity contribution in [3.63, 3.8) is 0 Å². The maximum absolute atomic E-state index is 9.77. The van der Waals surface area contributed by atoms with E-state index in [0.29, 0.717) is 11.8 Å². The number of fused-ring (bicyclic) bond motifs is 1. The fourth-order valence-corrected chi connectivity index (χ4v) is 3.68. The first-order valence-corrected chi connectivity index (χ1v) is 7.84. The van der Waals surface area contributed by atoms with E-state index in [0.717, 1.165) is 32.1 Å². The molecule has 1 aliphatic heterocycles. The van der Waals surface area contributed by atoms with Crippen molar-refractivity contribution < 1.29 is 9.84 Å². The van der Waals surface area contributed by atoms with E-state index in [9.17, 15) is 5.11 Å². The van der Waals surface area contributed by atoms with Crippen molar-refractivity contribution in [2.75, 3.05) is 26.8 Å². The van der Waals surface area contributed by atoms with Crippen molar-refractivity contribution in [2.24, 2.45) is 5.92 Å². The Morgan fingerprint density at radius 2 is 2.05 bits per heavy atom. The molecule has 3 heteroatoms. The Bertz CT molecular complexity index is 454. The highest BCUT2D eigenvalue weighted by molar-refractivity contribution is 5.38. The Morgan fingerprint density at radius 3 is 2.85 bits per heavy atom. The van der Waals surface area contributed by atoms with Gasteiger partial charge in [0.2, 0.25) is 0 Å². The molecule has 3 rings (SSSR count). The zero-order chi connectivity index (χ0) is 13.9. The highest BCUT2D eigenvalue weighted by Crippen LogP contribution is 2.36. The molecule has 1 N–H and O–H groups in total. The van der Waals surface area contributed by atoms with Crippen molar-refractivity contribution in [3.8, 4) is 5.75 Å². The Morgan fingerprint density at radius 1 is 1.25 bits per heavy atom. The molecule has 1 unspecified atom stereocenters. The second kappa shape index (κ2) is 6.15. The second-order valence-electron chi connectivity index (χ2n) is 6.29. The molecule has 2 aliphatic rings. The first-order valence-electron chi connectivity index (χ1n) is 7.84. The van der Waals surface area contributed by atoms with E-state index >= 15 is 0 Å². The first kappa shape index (κ1) is 13.9. The number of aromatic hydroxyl groups is 1. The molecule has 1 aromatic rings. The standard InChI is InChI=1S/C17H25NO2/c1-18(12-13-7-9-20-10-8-13)17-4-2-3-14-5-6-15(19)11-16(14)17/h5-6,11,13,17,19H,2-4,7-10,12H2,1H3. The molecular weight excluding hydrogens is 250 g/mol. The number of phenols is 1. The molecule has 1 aromatic carbocycles. The second-order valence-corrected chi connectivity index (χ2v) is 6.29. The molecule has 1 saturated heterocycles. The molecule has 0 aromatic heterocycles. The highest BCUT2D eigenvalue weighted by Gasteiger charge is 2.26. The summed E-state index contributed by atoms with van der Waals surface area (Å²) in [6.45, 7) is 2.98. The van der Waals surface area contributed by atoms with E-state index in [1.165, 1.54) is 36.8 Å². The molecule has 20 heavy (non-hydrogen) atoms. The van der Waals surface area contributed by atoms with Crippen LogP contribution in [0.3, 0.4) is 0 Å². The number of hydrogen-bond acceptors (Lipinski definition) is 3. The predicted octanol–water partition coefficient (Wildman–Crippen LogP) is 3.13. The van der Waals surface area contributed by atoms with E-state index in [4.69, 9.17) is 4.74 Å². The summed E-state index contributed by atoms with van der Waals surface area (Å²) < 4.78 is 5.45. The summed E-state index contributed by atoms with van der Waals surface area (Å²) in [6, 6.07) is 6.35. The van der Waals surface area contributed by atoms with Crippen LogP contribution in [0.1, 0.15) is 42.9 Å². The van der Waals surface area contributed by atoms with E-state index in [1.54, 1.807) is 0 Å². The van der Waals surface area contributed by atoms with Gasteiger partial charge in [0.05, 0.1) is 0 Å². The van der Waals surface area contributed by atoms with Gasteiger partial charge in [-0.1, -0.05) is 6.07 Å². The van der Waals surface area contributed by atoms with E-state index in [1.807, 2.05) is 12.1 Å². The Kier molecular flexibility index (Phi) is 4.27. The van der Waals surface area contributed by atoms with Crippen LogP contribution in [0.15, 0.2) is 18.2 Å². The molecule has 110 valence electrons. The molecule has 0 amide bonds. The smallest absolute Gasteiger partial charge is 0.115 e. The maximum atomic E-state index is 9.77. The lowest BCUT2D eigenvalue weighted by Gasteiger charge is -2.36. The Balaban J connectivity index is 1.72. The lowest BCUT2D eigenvalue weighted by atomic mass is 9.86. The molecule has 1 atom stereocenters. The van der Waals surface area contributed by atoms with Crippen molar-refractivity contribution in [3.05, 3.63) is 29.3 Å². The largest absolute Gasteiger partial charge is 0.508 e. The SMILES string of the molecule is CN(CC1CCOCC1)C1CCCc2ccc(O)cc21. The van der Waals surface area contributed by atoms with Crippen LogP contribution in [0.4, 0.5) is 0 Å². The van der Waals surface area contributed by atoms with Crippen molar-refractivity contribution >= 4 is 0 Å². The maximum Gasteiger partial charge on any atom is 0.115 e. The topological polar surface area (TPSA) is 32.7 Å². The van der Waals surface area contributed by atoms with Crippen molar-refractivity contribution in [1.29, 1.82) is 0 Å². The first-order chi connectivity index (χ1) is 9.74. The summed E-state index contributed by atoms with van der Waals surface area (Å²) in [5, 5.41) is 9.77. The summed E-state index contributed by atoms with van der Waals surface area (Å²) in [7, 11) is 2.24. The van der Waals surface area contributed by atoms with Gasteiger partial charge in [-0.05, 0) is 68.3 Å². The van der Waals surface area contributed by atoms with E-state index < -0.39 is 0 Å². The average Bonchev–Trinajstić information content (AvgIpc) is 2.47. The number of nitrogens with zero attached hydrogens (tertiary/aromatic N) is 1. The fourth-order valence-electron chi connectivity index (χ4n) is 3.68. The van der Waals surface area contributed by atoms with E-state index in [-0.39, 0.29) is 0 Å². The van der Waals surface area contributed by atoms with Gasteiger partial charge >= 0.3 is 0 Å². The molecule has 3 nitrogen and oxygen atoms in total. The van der Waals surface area contributed by atoms with Crippen molar-refractivity contribution in [1.82, 2.24) is 4.90 Å². The monoisotopic (exact) mass is 275 g/mol. The van der Waals surface area contributed by atoms with Crippen LogP contribution >= 0.6 is 0 Å². The summed E-state index contributed by atoms with van der Waals surface area (Å²) in [4.78, 5) is 2.49. The van der Waals surface area contributed by atoms with E-state index in [2.05, 4.69) is 18.0 Å². The summed E-state index contributed by atoms with van der Waals surface area (Å²) in [5.41, 5.74) is 2.75. The number of phenolic OH excluding ortho intramolecular Hbond substituents is 1. The van der Waals surface area contributed by atoms with Gasteiger partial charge in [-0.2, -0.15) is 0 Å². The summed E-state index contributed by atoms with van der Waals surface area (Å²) in [5.74, 6) is 1.16. The lowest BCUT2D eigenvalue weighted by molar-refractivity contribution is 0.0489. The Labute approximate surface area is 121 Å². The average molecular weight is 275 g/mol. The Hall–Kier alpha value is -1.06. The molecule has 1 aliphatic carbocycles. The van der Waals surface area contributed by atoms with Crippen LogP contribution in [0.25, 0.3) is 0 Å². The van der Waals surface area contributed by atoms with Gasteiger partial charge in [-0.15, -0.1) is 0 Å². The van der Waals surface area contributed by atoms with Crippen LogP contribution in [0.2, 0.25) is 0 Å². The zero-order valence-corrected chi connectivity index (χ0v) is 12.3. The molecular formula is C17H25NO2. The molecule has 0 spiro atoms. The number of ether oxygens (including phenoxy) is 1. The normalized spacial score (nSPS) is 23.8. The quantitative estimate of drug-likeness (QED) is 0.920. The van der Waals surface area contributed by atoms with Crippen LogP contribution in [-0.4, -0.2) is 36.8 Å². The van der Waals surface area contributed by atoms with Crippen molar-refractivity contribution in [2.45, 2.75) is 38.1 Å². The molecule has 0 saturated carbocycles. The molecule has 1 fully saturated rings. The number of rotatable bonds is 3. The lowest BCUT2D eigenvalue weighted by Crippen LogP contribution is -2.34. The van der Waals surface area contributed by atoms with Crippen LogP contribution in [0.5, 0.6) is 5.75 Å². The third kappa shape index (κ3) is 2.99. The van der Waals surface area contributed by atoms with Gasteiger partial charge in [0.15, 0.2) is 0 Å². The molecule has 0 radical (unpaired) electrons. The number of benzene rings is 1. The summed E-state index contributed by atoms with van der Waals surface area (Å²) in [6.07, 6.45) is 5.97.